The van der Waals surface area contributed by atoms with Crippen LogP contribution < -0.4 is 0 Å². The van der Waals surface area contributed by atoms with Gasteiger partial charge in [0.05, 0.1) is 5.56 Å². The van der Waals surface area contributed by atoms with Crippen molar-refractivity contribution in [3.8, 4) is 0 Å². The van der Waals surface area contributed by atoms with Gasteiger partial charge in [0.1, 0.15) is 0 Å². The minimum Gasteiger partial charge on any atom is -0.390 e. The van der Waals surface area contributed by atoms with Gasteiger partial charge in [-0.15, -0.1) is 0 Å². The zero-order valence-corrected chi connectivity index (χ0v) is 8.40. The predicted octanol–water partition coefficient (Wildman–Crippen LogP) is 1.39. The van der Waals surface area contributed by atoms with Crippen molar-refractivity contribution in [2.45, 2.75) is 6.92 Å². The van der Waals surface area contributed by atoms with E-state index in [0.29, 0.717) is 5.56 Å². The van der Waals surface area contributed by atoms with Gasteiger partial charge in [0.25, 0.3) is 0 Å². The van der Waals surface area contributed by atoms with Gasteiger partial charge in [-0.05, 0) is 12.1 Å². The number of benzene rings is 1. The van der Waals surface area contributed by atoms with Gasteiger partial charge in [0.2, 0.25) is 0 Å². The van der Waals surface area contributed by atoms with Gasteiger partial charge < -0.3 is 4.74 Å². The van der Waals surface area contributed by atoms with Crippen LogP contribution in [0, 0.1) is 0 Å². The minimum atomic E-state index is -0.608. The van der Waals surface area contributed by atoms with E-state index in [2.05, 4.69) is 4.74 Å². The van der Waals surface area contributed by atoms with Gasteiger partial charge >= 0.3 is 11.9 Å². The van der Waals surface area contributed by atoms with Crippen LogP contribution in [0.5, 0.6) is 0 Å². The maximum Gasteiger partial charge on any atom is 0.345 e. The second-order valence-corrected chi connectivity index (χ2v) is 2.25. The summed E-state index contributed by atoms with van der Waals surface area (Å²) in [5.74, 6) is -1.20. The Morgan fingerprint density at radius 2 is 1.69 bits per heavy atom. The molecule has 1 rings (SSSR count). The SMILES string of the molecule is CC(=O)OC(=O)c1ccccc1.[Ag]. The molecule has 13 heavy (non-hydrogen) atoms. The van der Waals surface area contributed by atoms with E-state index >= 15 is 0 Å². The first-order valence-electron chi connectivity index (χ1n) is 3.48. The van der Waals surface area contributed by atoms with Crippen molar-refractivity contribution in [3.05, 3.63) is 35.9 Å². The maximum absolute atomic E-state index is 11.0. The Morgan fingerprint density at radius 3 is 2.15 bits per heavy atom. The summed E-state index contributed by atoms with van der Waals surface area (Å²) in [6.45, 7) is 1.20. The molecule has 4 heteroatoms. The van der Waals surface area contributed by atoms with E-state index in [1.54, 1.807) is 30.3 Å². The van der Waals surface area contributed by atoms with E-state index < -0.39 is 11.9 Å². The van der Waals surface area contributed by atoms with Crippen molar-refractivity contribution >= 4 is 11.9 Å². The molecule has 1 aromatic carbocycles. The summed E-state index contributed by atoms with van der Waals surface area (Å²) in [5.41, 5.74) is 0.382. The molecule has 1 radical (unpaired) electrons. The zero-order chi connectivity index (χ0) is 8.97. The van der Waals surface area contributed by atoms with Crippen LogP contribution in [-0.4, -0.2) is 11.9 Å². The Hall–Kier alpha value is -0.900. The molecule has 0 heterocycles. The Balaban J connectivity index is 0.00000144. The average molecular weight is 272 g/mol. The predicted molar refractivity (Wildman–Crippen MR) is 42.5 cm³/mol. The van der Waals surface area contributed by atoms with E-state index in [0.717, 1.165) is 0 Å². The van der Waals surface area contributed by atoms with Crippen molar-refractivity contribution in [2.75, 3.05) is 0 Å². The Morgan fingerprint density at radius 1 is 1.15 bits per heavy atom. The summed E-state index contributed by atoms with van der Waals surface area (Å²) < 4.78 is 4.36. The molecule has 0 spiro atoms. The summed E-state index contributed by atoms with van der Waals surface area (Å²) in [4.78, 5) is 21.4. The van der Waals surface area contributed by atoms with Crippen molar-refractivity contribution < 1.29 is 36.7 Å². The molecular weight excluding hydrogens is 264 g/mol. The van der Waals surface area contributed by atoms with E-state index in [1.165, 1.54) is 6.92 Å². The summed E-state index contributed by atoms with van der Waals surface area (Å²) >= 11 is 0. The third kappa shape index (κ3) is 4.03. The molecule has 3 nitrogen and oxygen atoms in total. The monoisotopic (exact) mass is 271 g/mol. The van der Waals surface area contributed by atoms with Gasteiger partial charge in [-0.3, -0.25) is 4.79 Å². The van der Waals surface area contributed by atoms with Crippen molar-refractivity contribution in [1.82, 2.24) is 0 Å². The molecule has 73 valence electrons. The van der Waals surface area contributed by atoms with Crippen molar-refractivity contribution in [3.63, 3.8) is 0 Å². The molecule has 0 bridgehead atoms. The summed E-state index contributed by atoms with van der Waals surface area (Å²) in [7, 11) is 0. The Bertz CT molecular complexity index is 295. The van der Waals surface area contributed by atoms with Gasteiger partial charge in [0.15, 0.2) is 0 Å². The van der Waals surface area contributed by atoms with E-state index in [4.69, 9.17) is 0 Å². The molecule has 0 N–H and O–H groups in total. The first kappa shape index (κ1) is 12.1. The summed E-state index contributed by atoms with van der Waals surface area (Å²) in [6, 6.07) is 8.37. The first-order chi connectivity index (χ1) is 5.70. The quantitative estimate of drug-likeness (QED) is 0.441. The molecule has 1 aromatic rings. The van der Waals surface area contributed by atoms with E-state index in [9.17, 15) is 9.59 Å². The molecule has 0 saturated heterocycles. The molecule has 0 fully saturated rings. The number of rotatable bonds is 1. The fourth-order valence-electron chi connectivity index (χ4n) is 0.764. The van der Waals surface area contributed by atoms with E-state index in [1.807, 2.05) is 0 Å². The Labute approximate surface area is 91.6 Å². The number of esters is 2. The van der Waals surface area contributed by atoms with Gasteiger partial charge in [-0.1, -0.05) is 18.2 Å². The molecule has 0 amide bonds. The van der Waals surface area contributed by atoms with Crippen LogP contribution in [-0.2, 0) is 31.9 Å². The maximum atomic E-state index is 11.0. The molecule has 0 aromatic heterocycles. The normalized spacial score (nSPS) is 8.38. The van der Waals surface area contributed by atoms with Gasteiger partial charge in [-0.2, -0.15) is 0 Å². The minimum absolute atomic E-state index is 0. The van der Waals surface area contributed by atoms with E-state index in [-0.39, 0.29) is 22.4 Å². The second kappa shape index (κ2) is 5.70. The molecule has 0 aliphatic rings. The van der Waals surface area contributed by atoms with Crippen LogP contribution in [0.2, 0.25) is 0 Å². The van der Waals surface area contributed by atoms with Crippen LogP contribution in [0.3, 0.4) is 0 Å². The number of ether oxygens (including phenoxy) is 1. The Kier molecular flexibility index (Phi) is 5.30. The van der Waals surface area contributed by atoms with Crippen LogP contribution in [0.15, 0.2) is 30.3 Å². The topological polar surface area (TPSA) is 43.4 Å². The summed E-state index contributed by atoms with van der Waals surface area (Å²) in [6.07, 6.45) is 0. The van der Waals surface area contributed by atoms with Crippen LogP contribution in [0.1, 0.15) is 17.3 Å². The third-order valence-electron chi connectivity index (χ3n) is 1.25. The smallest absolute Gasteiger partial charge is 0.345 e. The van der Waals surface area contributed by atoms with Gasteiger partial charge in [0, 0.05) is 29.3 Å². The molecular formula is C9H8AgO3. The third-order valence-corrected chi connectivity index (χ3v) is 1.25. The zero-order valence-electron chi connectivity index (χ0n) is 6.91. The second-order valence-electron chi connectivity index (χ2n) is 2.25. The fraction of sp³-hybridized carbons (Fsp3) is 0.111. The summed E-state index contributed by atoms with van der Waals surface area (Å²) in [5, 5.41) is 0. The average Bonchev–Trinajstić information content (AvgIpc) is 2.05. The standard InChI is InChI=1S/C9H8O3.Ag/c1-7(10)12-9(11)8-5-3-2-4-6-8;/h2-6H,1H3;. The van der Waals surface area contributed by atoms with Crippen LogP contribution in [0.25, 0.3) is 0 Å². The number of carbonyl (C=O) groups excluding carboxylic acids is 2. The molecule has 0 aliphatic heterocycles. The number of hydrogen-bond acceptors (Lipinski definition) is 3. The molecule has 0 unspecified atom stereocenters. The fourth-order valence-corrected chi connectivity index (χ4v) is 0.764. The number of carbonyl (C=O) groups is 2. The molecule has 0 atom stereocenters. The van der Waals surface area contributed by atoms with Crippen molar-refractivity contribution in [2.24, 2.45) is 0 Å². The van der Waals surface area contributed by atoms with Crippen molar-refractivity contribution in [1.29, 1.82) is 0 Å². The van der Waals surface area contributed by atoms with Crippen LogP contribution in [0.4, 0.5) is 0 Å². The van der Waals surface area contributed by atoms with Gasteiger partial charge in [-0.25, -0.2) is 4.79 Å². The van der Waals surface area contributed by atoms with Crippen LogP contribution >= 0.6 is 0 Å². The first-order valence-corrected chi connectivity index (χ1v) is 3.48. The number of hydrogen-bond donors (Lipinski definition) is 0. The largest absolute Gasteiger partial charge is 0.390 e. The molecule has 0 aliphatic carbocycles. The molecule has 0 saturated carbocycles.